The number of rotatable bonds is 5. The third-order valence-electron chi connectivity index (χ3n) is 3.08. The number of nitrogens with zero attached hydrogens (tertiary/aromatic N) is 4. The summed E-state index contributed by atoms with van der Waals surface area (Å²) < 4.78 is 0. The van der Waals surface area contributed by atoms with Gasteiger partial charge in [0.1, 0.15) is 0 Å². The molecule has 0 spiro atoms. The van der Waals surface area contributed by atoms with Gasteiger partial charge in [-0.05, 0) is 26.7 Å². The van der Waals surface area contributed by atoms with Crippen LogP contribution in [0.15, 0.2) is 0 Å². The average molecular weight is 266 g/mol. The first-order valence-electron chi connectivity index (χ1n) is 6.62. The van der Waals surface area contributed by atoms with Crippen LogP contribution >= 0.6 is 0 Å². The molecule has 0 atom stereocenters. The van der Waals surface area contributed by atoms with E-state index in [4.69, 9.17) is 0 Å². The van der Waals surface area contributed by atoms with E-state index >= 15 is 0 Å². The minimum absolute atomic E-state index is 0.00656. The highest BCUT2D eigenvalue weighted by molar-refractivity contribution is 5.45. The van der Waals surface area contributed by atoms with E-state index in [1.807, 2.05) is 13.8 Å². The minimum atomic E-state index is -0.464. The predicted molar refractivity (Wildman–Crippen MR) is 75.6 cm³/mol. The van der Waals surface area contributed by atoms with Crippen LogP contribution in [0.3, 0.4) is 0 Å². The Balaban J connectivity index is 2.25. The first kappa shape index (κ1) is 13.8. The molecule has 1 aliphatic heterocycles. The van der Waals surface area contributed by atoms with E-state index < -0.39 is 5.54 Å². The molecule has 1 aromatic rings. The normalized spacial score (nSPS) is 15.7. The summed E-state index contributed by atoms with van der Waals surface area (Å²) in [6.07, 6.45) is 2.34. The fourth-order valence-electron chi connectivity index (χ4n) is 1.93. The topological polar surface area (TPSA) is 86.2 Å². The van der Waals surface area contributed by atoms with Gasteiger partial charge in [0, 0.05) is 20.1 Å². The smallest absolute Gasteiger partial charge is 0.231 e. The van der Waals surface area contributed by atoms with Crippen molar-refractivity contribution < 1.29 is 5.11 Å². The fraction of sp³-hybridized carbons (Fsp3) is 0.750. The lowest BCUT2D eigenvalue weighted by Crippen LogP contribution is -2.36. The van der Waals surface area contributed by atoms with Crippen LogP contribution in [0, 0.1) is 0 Å². The monoisotopic (exact) mass is 266 g/mol. The zero-order valence-corrected chi connectivity index (χ0v) is 11.8. The maximum Gasteiger partial charge on any atom is 0.231 e. The molecule has 0 amide bonds. The Morgan fingerprint density at radius 1 is 1.16 bits per heavy atom. The van der Waals surface area contributed by atoms with Gasteiger partial charge < -0.3 is 20.6 Å². The number of aliphatic hydroxyl groups is 1. The molecule has 1 aromatic heterocycles. The van der Waals surface area contributed by atoms with Crippen molar-refractivity contribution in [1.29, 1.82) is 0 Å². The van der Waals surface area contributed by atoms with Crippen molar-refractivity contribution in [3.05, 3.63) is 0 Å². The number of nitrogens with one attached hydrogen (secondary N) is 2. The van der Waals surface area contributed by atoms with Gasteiger partial charge in [0.25, 0.3) is 0 Å². The SMILES string of the molecule is CNc1nc(NC(C)(C)CO)nc(N2CCCC2)n1. The van der Waals surface area contributed by atoms with Crippen LogP contribution in [0.25, 0.3) is 0 Å². The Bertz CT molecular complexity index is 430. The van der Waals surface area contributed by atoms with E-state index in [9.17, 15) is 5.11 Å². The Hall–Kier alpha value is -1.63. The molecule has 1 saturated heterocycles. The molecule has 0 aromatic carbocycles. The van der Waals surface area contributed by atoms with E-state index in [0.717, 1.165) is 13.1 Å². The molecule has 2 heterocycles. The lowest BCUT2D eigenvalue weighted by molar-refractivity contribution is 0.233. The van der Waals surface area contributed by atoms with E-state index in [0.29, 0.717) is 17.8 Å². The van der Waals surface area contributed by atoms with E-state index in [-0.39, 0.29) is 6.61 Å². The second-order valence-electron chi connectivity index (χ2n) is 5.39. The van der Waals surface area contributed by atoms with Crippen LogP contribution < -0.4 is 15.5 Å². The summed E-state index contributed by atoms with van der Waals surface area (Å²) in [6.45, 7) is 5.76. The van der Waals surface area contributed by atoms with Crippen molar-refractivity contribution in [2.75, 3.05) is 42.3 Å². The van der Waals surface area contributed by atoms with Crippen LogP contribution in [-0.2, 0) is 0 Å². The number of hydrogen-bond acceptors (Lipinski definition) is 7. The van der Waals surface area contributed by atoms with Gasteiger partial charge in [0.15, 0.2) is 0 Å². The molecular formula is C12H22N6O. The largest absolute Gasteiger partial charge is 0.394 e. The Kier molecular flexibility index (Phi) is 4.04. The Morgan fingerprint density at radius 2 is 1.79 bits per heavy atom. The molecule has 0 unspecified atom stereocenters. The number of aliphatic hydroxyl groups excluding tert-OH is 1. The lowest BCUT2D eigenvalue weighted by atomic mass is 10.1. The highest BCUT2D eigenvalue weighted by atomic mass is 16.3. The quantitative estimate of drug-likeness (QED) is 0.723. The van der Waals surface area contributed by atoms with Crippen LogP contribution in [-0.4, -0.2) is 52.3 Å². The second-order valence-corrected chi connectivity index (χ2v) is 5.39. The van der Waals surface area contributed by atoms with Gasteiger partial charge in [-0.2, -0.15) is 15.0 Å². The number of anilines is 3. The van der Waals surface area contributed by atoms with E-state index in [1.165, 1.54) is 12.8 Å². The summed E-state index contributed by atoms with van der Waals surface area (Å²) in [5.41, 5.74) is -0.464. The average Bonchev–Trinajstić information content (AvgIpc) is 2.91. The van der Waals surface area contributed by atoms with Crippen molar-refractivity contribution in [3.63, 3.8) is 0 Å². The summed E-state index contributed by atoms with van der Waals surface area (Å²) >= 11 is 0. The van der Waals surface area contributed by atoms with Crippen molar-refractivity contribution in [1.82, 2.24) is 15.0 Å². The van der Waals surface area contributed by atoms with Gasteiger partial charge >= 0.3 is 0 Å². The van der Waals surface area contributed by atoms with Crippen LogP contribution in [0.2, 0.25) is 0 Å². The zero-order valence-electron chi connectivity index (χ0n) is 11.8. The summed E-state index contributed by atoms with van der Waals surface area (Å²) in [5.74, 6) is 1.71. The number of aromatic nitrogens is 3. The van der Waals surface area contributed by atoms with Crippen LogP contribution in [0.5, 0.6) is 0 Å². The van der Waals surface area contributed by atoms with Gasteiger partial charge in [-0.15, -0.1) is 0 Å². The molecule has 106 valence electrons. The Morgan fingerprint density at radius 3 is 2.37 bits per heavy atom. The Labute approximate surface area is 113 Å². The lowest BCUT2D eigenvalue weighted by Gasteiger charge is -2.24. The van der Waals surface area contributed by atoms with Gasteiger partial charge in [-0.3, -0.25) is 0 Å². The van der Waals surface area contributed by atoms with Gasteiger partial charge in [-0.1, -0.05) is 0 Å². The summed E-state index contributed by atoms with van der Waals surface area (Å²) in [4.78, 5) is 15.2. The predicted octanol–water partition coefficient (Wildman–Crippen LogP) is 0.696. The molecule has 1 aliphatic rings. The minimum Gasteiger partial charge on any atom is -0.394 e. The summed E-state index contributed by atoms with van der Waals surface area (Å²) in [6, 6.07) is 0. The molecule has 2 rings (SSSR count). The van der Waals surface area contributed by atoms with Crippen molar-refractivity contribution in [2.45, 2.75) is 32.2 Å². The van der Waals surface area contributed by atoms with E-state index in [1.54, 1.807) is 7.05 Å². The zero-order chi connectivity index (χ0) is 13.9. The standard InChI is InChI=1S/C12H22N6O/c1-12(2,8-19)17-10-14-9(13-3)15-11(16-10)18-6-4-5-7-18/h19H,4-8H2,1-3H3,(H2,13,14,15,16,17). The highest BCUT2D eigenvalue weighted by Gasteiger charge is 2.21. The molecular weight excluding hydrogens is 244 g/mol. The third kappa shape index (κ3) is 3.44. The molecule has 0 radical (unpaired) electrons. The second kappa shape index (κ2) is 5.56. The summed E-state index contributed by atoms with van der Waals surface area (Å²) in [5, 5.41) is 15.4. The van der Waals surface area contributed by atoms with Gasteiger partial charge in [0.2, 0.25) is 17.8 Å². The molecule has 19 heavy (non-hydrogen) atoms. The van der Waals surface area contributed by atoms with Crippen LogP contribution in [0.1, 0.15) is 26.7 Å². The molecule has 0 saturated carbocycles. The maximum absolute atomic E-state index is 9.30. The molecule has 0 bridgehead atoms. The molecule has 7 heteroatoms. The fourth-order valence-corrected chi connectivity index (χ4v) is 1.93. The van der Waals surface area contributed by atoms with Crippen molar-refractivity contribution in [3.8, 4) is 0 Å². The summed E-state index contributed by atoms with van der Waals surface area (Å²) in [7, 11) is 1.78. The highest BCUT2D eigenvalue weighted by Crippen LogP contribution is 2.20. The molecule has 0 aliphatic carbocycles. The first-order valence-corrected chi connectivity index (χ1v) is 6.62. The van der Waals surface area contributed by atoms with Crippen molar-refractivity contribution >= 4 is 17.8 Å². The van der Waals surface area contributed by atoms with Crippen LogP contribution in [0.4, 0.5) is 17.8 Å². The first-order chi connectivity index (χ1) is 9.04. The molecule has 7 nitrogen and oxygen atoms in total. The van der Waals surface area contributed by atoms with Crippen molar-refractivity contribution in [2.24, 2.45) is 0 Å². The molecule has 1 fully saturated rings. The van der Waals surface area contributed by atoms with Gasteiger partial charge in [0.05, 0.1) is 12.1 Å². The van der Waals surface area contributed by atoms with Gasteiger partial charge in [-0.25, -0.2) is 0 Å². The maximum atomic E-state index is 9.30. The number of hydrogen-bond donors (Lipinski definition) is 3. The third-order valence-corrected chi connectivity index (χ3v) is 3.08. The molecule has 3 N–H and O–H groups in total. The van der Waals surface area contributed by atoms with E-state index in [2.05, 4.69) is 30.5 Å².